The fourth-order valence-corrected chi connectivity index (χ4v) is 5.91. The van der Waals surface area contributed by atoms with Crippen molar-refractivity contribution in [3.63, 3.8) is 0 Å². The molecule has 0 spiro atoms. The fourth-order valence-electron chi connectivity index (χ4n) is 5.91. The van der Waals surface area contributed by atoms with E-state index in [9.17, 15) is 0 Å². The molecule has 7 aromatic carbocycles. The third-order valence-corrected chi connectivity index (χ3v) is 8.18. The van der Waals surface area contributed by atoms with Gasteiger partial charge in [-0.3, -0.25) is 0 Å². The fraction of sp³-hybridized carbons (Fsp3) is 0. The van der Waals surface area contributed by atoms with E-state index >= 15 is 0 Å². The minimum absolute atomic E-state index is 0.0201. The third kappa shape index (κ3) is 4.89. The zero-order valence-corrected chi connectivity index (χ0v) is 24.8. The van der Waals surface area contributed by atoms with E-state index in [1.165, 1.54) is 0 Å². The standard InChI is InChI=1S/C41H26N6/c1-4-11-27(12-5-1)31-15-10-16-32(25-31)40-42-39(30-13-6-2-7-14-30)43-41(44-40)33-22-20-28-19-21-29-23-24-36-38(37(29)35(28)26-33)46-47(45-36)34-17-8-3-9-18-34/h1-26H/i2D,6D,7D,13D,14D. The Morgan fingerprint density at radius 3 is 1.87 bits per heavy atom. The molecule has 0 fully saturated rings. The molecule has 0 aliphatic carbocycles. The summed E-state index contributed by atoms with van der Waals surface area (Å²) in [6.07, 6.45) is 0. The maximum atomic E-state index is 8.72. The van der Waals surface area contributed by atoms with Crippen LogP contribution in [-0.4, -0.2) is 29.9 Å². The van der Waals surface area contributed by atoms with Crippen molar-refractivity contribution in [1.82, 2.24) is 29.9 Å². The summed E-state index contributed by atoms with van der Waals surface area (Å²) in [5.41, 5.74) is 5.56. The van der Waals surface area contributed by atoms with E-state index in [1.54, 1.807) is 4.80 Å². The summed E-state index contributed by atoms with van der Waals surface area (Å²) in [4.78, 5) is 16.1. The van der Waals surface area contributed by atoms with Crippen molar-refractivity contribution in [2.45, 2.75) is 0 Å². The van der Waals surface area contributed by atoms with Gasteiger partial charge in [0.15, 0.2) is 17.5 Å². The number of aromatic nitrogens is 6. The van der Waals surface area contributed by atoms with Gasteiger partial charge in [-0.2, -0.15) is 4.80 Å². The molecule has 9 rings (SSSR count). The Kier molecular flexibility index (Phi) is 5.22. The molecule has 0 radical (unpaired) electrons. The molecule has 0 saturated carbocycles. The number of fused-ring (bicyclic) bond motifs is 5. The normalized spacial score (nSPS) is 12.9. The van der Waals surface area contributed by atoms with Gasteiger partial charge in [0.1, 0.15) is 11.0 Å². The lowest BCUT2D eigenvalue weighted by molar-refractivity contribution is 0.766. The summed E-state index contributed by atoms with van der Waals surface area (Å²) in [7, 11) is 0. The molecular formula is C41H26N6. The van der Waals surface area contributed by atoms with Gasteiger partial charge in [0.2, 0.25) is 0 Å². The highest BCUT2D eigenvalue weighted by atomic mass is 15.5. The largest absolute Gasteiger partial charge is 0.208 e. The Morgan fingerprint density at radius 1 is 0.468 bits per heavy atom. The summed E-state index contributed by atoms with van der Waals surface area (Å²) >= 11 is 0. The van der Waals surface area contributed by atoms with Gasteiger partial charge in [-0.15, -0.1) is 10.2 Å². The molecule has 0 amide bonds. The van der Waals surface area contributed by atoms with Gasteiger partial charge < -0.3 is 0 Å². The molecule has 0 bridgehead atoms. The van der Waals surface area contributed by atoms with Gasteiger partial charge in [-0.25, -0.2) is 15.0 Å². The lowest BCUT2D eigenvalue weighted by Crippen LogP contribution is -2.00. The van der Waals surface area contributed by atoms with Gasteiger partial charge in [0, 0.05) is 22.1 Å². The van der Waals surface area contributed by atoms with E-state index in [4.69, 9.17) is 32.0 Å². The SMILES string of the molecule is [2H]c1c([2H])c([2H])c(-c2nc(-c3cccc(-c4ccccc4)c3)nc(-c3ccc4ccc5ccc6nn(-c7ccccc7)nc6c5c4c3)n2)c([2H])c1[2H]. The smallest absolute Gasteiger partial charge is 0.164 e. The molecular weight excluding hydrogens is 576 g/mol. The summed E-state index contributed by atoms with van der Waals surface area (Å²) < 4.78 is 42.3. The summed E-state index contributed by atoms with van der Waals surface area (Å²) in [5, 5.41) is 13.5. The number of hydrogen-bond acceptors (Lipinski definition) is 5. The Bertz CT molecular complexity index is 2830. The van der Waals surface area contributed by atoms with Crippen LogP contribution >= 0.6 is 0 Å². The maximum Gasteiger partial charge on any atom is 0.164 e. The van der Waals surface area contributed by atoms with E-state index in [-0.39, 0.29) is 29.3 Å². The van der Waals surface area contributed by atoms with Crippen LogP contribution in [0, 0.1) is 0 Å². The van der Waals surface area contributed by atoms with Crippen LogP contribution in [0.25, 0.3) is 83.6 Å². The number of hydrogen-bond donors (Lipinski definition) is 0. The van der Waals surface area contributed by atoms with Crippen LogP contribution < -0.4 is 0 Å². The first-order chi connectivity index (χ1) is 25.3. The topological polar surface area (TPSA) is 69.4 Å². The summed E-state index contributed by atoms with van der Waals surface area (Å²) in [5.74, 6) is 0.570. The monoisotopic (exact) mass is 607 g/mol. The van der Waals surface area contributed by atoms with Gasteiger partial charge in [-0.1, -0.05) is 127 Å². The minimum Gasteiger partial charge on any atom is -0.208 e. The Morgan fingerprint density at radius 2 is 1.09 bits per heavy atom. The number of nitrogens with zero attached hydrogens (tertiary/aromatic N) is 6. The van der Waals surface area contributed by atoms with Crippen molar-refractivity contribution in [2.24, 2.45) is 0 Å². The van der Waals surface area contributed by atoms with E-state index in [2.05, 4.69) is 12.1 Å². The van der Waals surface area contributed by atoms with Crippen LogP contribution in [0.4, 0.5) is 0 Å². The quantitative estimate of drug-likeness (QED) is 0.182. The van der Waals surface area contributed by atoms with Crippen molar-refractivity contribution >= 4 is 32.6 Å². The lowest BCUT2D eigenvalue weighted by atomic mass is 9.98. The highest BCUT2D eigenvalue weighted by Gasteiger charge is 2.16. The van der Waals surface area contributed by atoms with Gasteiger partial charge in [-0.05, 0) is 57.6 Å². The first kappa shape index (κ1) is 22.1. The van der Waals surface area contributed by atoms with Crippen LogP contribution in [0.15, 0.2) is 158 Å². The molecule has 0 N–H and O–H groups in total. The minimum atomic E-state index is -0.485. The van der Waals surface area contributed by atoms with Crippen molar-refractivity contribution < 1.29 is 6.85 Å². The number of benzene rings is 7. The zero-order valence-electron chi connectivity index (χ0n) is 29.8. The van der Waals surface area contributed by atoms with Gasteiger partial charge in [0.05, 0.1) is 12.5 Å². The van der Waals surface area contributed by atoms with E-state index in [0.717, 1.165) is 49.4 Å². The van der Waals surface area contributed by atoms with Crippen molar-refractivity contribution in [1.29, 1.82) is 0 Å². The molecule has 6 nitrogen and oxygen atoms in total. The van der Waals surface area contributed by atoms with Crippen molar-refractivity contribution in [3.8, 4) is 51.0 Å². The zero-order chi connectivity index (χ0) is 35.5. The van der Waals surface area contributed by atoms with Crippen molar-refractivity contribution in [2.75, 3.05) is 0 Å². The van der Waals surface area contributed by atoms with Crippen LogP contribution in [0.1, 0.15) is 6.85 Å². The van der Waals surface area contributed by atoms with Gasteiger partial charge in [0.25, 0.3) is 0 Å². The second-order valence-electron chi connectivity index (χ2n) is 11.1. The number of para-hydroxylation sites is 1. The predicted octanol–water partition coefficient (Wildman–Crippen LogP) is 9.58. The summed E-state index contributed by atoms with van der Waals surface area (Å²) in [6.45, 7) is 0. The molecule has 0 aliphatic heterocycles. The van der Waals surface area contributed by atoms with E-state index in [1.807, 2.05) is 115 Å². The highest BCUT2D eigenvalue weighted by Crippen LogP contribution is 2.34. The molecule has 0 atom stereocenters. The van der Waals surface area contributed by atoms with Crippen LogP contribution in [-0.2, 0) is 0 Å². The van der Waals surface area contributed by atoms with Crippen LogP contribution in [0.5, 0.6) is 0 Å². The molecule has 0 aliphatic rings. The summed E-state index contributed by atoms with van der Waals surface area (Å²) in [6, 6.07) is 39.3. The third-order valence-electron chi connectivity index (χ3n) is 8.18. The average molecular weight is 608 g/mol. The lowest BCUT2D eigenvalue weighted by Gasteiger charge is -2.11. The van der Waals surface area contributed by atoms with Crippen LogP contribution in [0.2, 0.25) is 0 Å². The maximum absolute atomic E-state index is 8.72. The van der Waals surface area contributed by atoms with E-state index in [0.29, 0.717) is 17.0 Å². The molecule has 9 aromatic rings. The second-order valence-corrected chi connectivity index (χ2v) is 11.1. The molecule has 2 aromatic heterocycles. The highest BCUT2D eigenvalue weighted by molar-refractivity contribution is 6.18. The Balaban J connectivity index is 1.28. The van der Waals surface area contributed by atoms with Crippen molar-refractivity contribution in [3.05, 3.63) is 158 Å². The second kappa shape index (κ2) is 11.1. The van der Waals surface area contributed by atoms with E-state index < -0.39 is 18.1 Å². The first-order valence-electron chi connectivity index (χ1n) is 17.6. The number of rotatable bonds is 5. The Labute approximate surface area is 277 Å². The average Bonchev–Trinajstić information content (AvgIpc) is 3.65. The molecule has 2 heterocycles. The molecule has 220 valence electrons. The Hall–Kier alpha value is -6.53. The first-order valence-corrected chi connectivity index (χ1v) is 15.1. The van der Waals surface area contributed by atoms with Gasteiger partial charge >= 0.3 is 0 Å². The molecule has 0 unspecified atom stereocenters. The molecule has 47 heavy (non-hydrogen) atoms. The molecule has 0 saturated heterocycles. The predicted molar refractivity (Wildman–Crippen MR) is 189 cm³/mol. The molecule has 6 heteroatoms. The van der Waals surface area contributed by atoms with Crippen LogP contribution in [0.3, 0.4) is 0 Å².